The van der Waals surface area contributed by atoms with Crippen LogP contribution < -0.4 is 0 Å². The molecule has 0 aromatic rings. The van der Waals surface area contributed by atoms with Crippen LogP contribution in [0.1, 0.15) is 32.6 Å². The second kappa shape index (κ2) is 3.72. The molecule has 1 fully saturated rings. The van der Waals surface area contributed by atoms with Crippen LogP contribution in [-0.2, 0) is 9.53 Å². The van der Waals surface area contributed by atoms with Gasteiger partial charge in [-0.1, -0.05) is 0 Å². The van der Waals surface area contributed by atoms with E-state index in [1.165, 1.54) is 6.92 Å². The molecule has 2 atom stereocenters. The van der Waals surface area contributed by atoms with Gasteiger partial charge in [0, 0.05) is 13.3 Å². The monoisotopic (exact) mass is 158 g/mol. The molecular weight excluding hydrogens is 144 g/mol. The minimum absolute atomic E-state index is 0.0451. The highest BCUT2D eigenvalue weighted by atomic mass is 16.5. The maximum Gasteiger partial charge on any atom is 0.302 e. The van der Waals surface area contributed by atoms with E-state index in [-0.39, 0.29) is 18.2 Å². The molecule has 0 aliphatic heterocycles. The smallest absolute Gasteiger partial charge is 0.302 e. The van der Waals surface area contributed by atoms with E-state index >= 15 is 0 Å². The molecule has 0 amide bonds. The molecule has 0 saturated heterocycles. The summed E-state index contributed by atoms with van der Waals surface area (Å²) in [5.41, 5.74) is 0. The van der Waals surface area contributed by atoms with E-state index in [2.05, 4.69) is 0 Å². The van der Waals surface area contributed by atoms with Crippen LogP contribution in [0.5, 0.6) is 0 Å². The summed E-state index contributed by atoms with van der Waals surface area (Å²) in [5.74, 6) is -0.246. The SMILES string of the molecule is CC(=O)O[C@@H]1CCC[C@H](O)C1. The van der Waals surface area contributed by atoms with Crippen molar-refractivity contribution < 1.29 is 14.6 Å². The Morgan fingerprint density at radius 1 is 1.55 bits per heavy atom. The predicted molar refractivity (Wildman–Crippen MR) is 40.0 cm³/mol. The van der Waals surface area contributed by atoms with Gasteiger partial charge in [-0.15, -0.1) is 0 Å². The molecule has 64 valence electrons. The lowest BCUT2D eigenvalue weighted by atomic mass is 9.95. The number of aliphatic hydroxyl groups excluding tert-OH is 1. The number of carbonyl (C=O) groups is 1. The van der Waals surface area contributed by atoms with Crippen LogP contribution in [0.3, 0.4) is 0 Å². The van der Waals surface area contributed by atoms with Gasteiger partial charge in [0.25, 0.3) is 0 Å². The lowest BCUT2D eigenvalue weighted by molar-refractivity contribution is -0.149. The third kappa shape index (κ3) is 2.89. The number of rotatable bonds is 1. The highest BCUT2D eigenvalue weighted by molar-refractivity contribution is 5.66. The Morgan fingerprint density at radius 2 is 2.27 bits per heavy atom. The zero-order chi connectivity index (χ0) is 8.27. The van der Waals surface area contributed by atoms with Gasteiger partial charge in [-0.05, 0) is 19.3 Å². The average molecular weight is 158 g/mol. The zero-order valence-electron chi connectivity index (χ0n) is 6.75. The van der Waals surface area contributed by atoms with Crippen LogP contribution in [0.2, 0.25) is 0 Å². The zero-order valence-corrected chi connectivity index (χ0v) is 6.75. The second-order valence-corrected chi connectivity index (χ2v) is 3.05. The van der Waals surface area contributed by atoms with E-state index in [1.54, 1.807) is 0 Å². The largest absolute Gasteiger partial charge is 0.462 e. The number of hydrogen-bond acceptors (Lipinski definition) is 3. The molecule has 1 aliphatic rings. The Kier molecular flexibility index (Phi) is 2.88. The Hall–Kier alpha value is -0.570. The first-order valence-corrected chi connectivity index (χ1v) is 4.04. The average Bonchev–Trinajstić information content (AvgIpc) is 1.85. The van der Waals surface area contributed by atoms with Crippen LogP contribution in [0.4, 0.5) is 0 Å². The van der Waals surface area contributed by atoms with Gasteiger partial charge in [-0.2, -0.15) is 0 Å². The van der Waals surface area contributed by atoms with Crippen molar-refractivity contribution in [2.75, 3.05) is 0 Å². The molecule has 0 bridgehead atoms. The minimum Gasteiger partial charge on any atom is -0.462 e. The molecule has 0 aromatic heterocycles. The van der Waals surface area contributed by atoms with E-state index in [1.807, 2.05) is 0 Å². The number of hydrogen-bond donors (Lipinski definition) is 1. The first-order valence-electron chi connectivity index (χ1n) is 4.04. The second-order valence-electron chi connectivity index (χ2n) is 3.05. The van der Waals surface area contributed by atoms with E-state index in [4.69, 9.17) is 4.74 Å². The molecular formula is C8H14O3. The maximum atomic E-state index is 10.5. The Balaban J connectivity index is 2.28. The maximum absolute atomic E-state index is 10.5. The fourth-order valence-electron chi connectivity index (χ4n) is 1.46. The van der Waals surface area contributed by atoms with Crippen LogP contribution >= 0.6 is 0 Å². The van der Waals surface area contributed by atoms with Crippen molar-refractivity contribution >= 4 is 5.97 Å². The van der Waals surface area contributed by atoms with E-state index in [9.17, 15) is 9.90 Å². The summed E-state index contributed by atoms with van der Waals surface area (Å²) in [4.78, 5) is 10.5. The molecule has 0 radical (unpaired) electrons. The Morgan fingerprint density at radius 3 is 2.82 bits per heavy atom. The first kappa shape index (κ1) is 8.53. The van der Waals surface area contributed by atoms with Crippen LogP contribution in [0.25, 0.3) is 0 Å². The molecule has 1 aliphatic carbocycles. The fourth-order valence-corrected chi connectivity index (χ4v) is 1.46. The molecule has 1 N–H and O–H groups in total. The summed E-state index contributed by atoms with van der Waals surface area (Å²) in [6, 6.07) is 0. The van der Waals surface area contributed by atoms with Crippen molar-refractivity contribution in [1.29, 1.82) is 0 Å². The van der Waals surface area contributed by atoms with E-state index in [0.717, 1.165) is 19.3 Å². The number of carbonyl (C=O) groups excluding carboxylic acids is 1. The summed E-state index contributed by atoms with van der Waals surface area (Å²) in [7, 11) is 0. The van der Waals surface area contributed by atoms with Crippen molar-refractivity contribution in [3.8, 4) is 0 Å². The highest BCUT2D eigenvalue weighted by Gasteiger charge is 2.21. The highest BCUT2D eigenvalue weighted by Crippen LogP contribution is 2.20. The minimum atomic E-state index is -0.270. The van der Waals surface area contributed by atoms with Crippen molar-refractivity contribution in [3.63, 3.8) is 0 Å². The summed E-state index contributed by atoms with van der Waals surface area (Å²) < 4.78 is 4.96. The normalized spacial score (nSPS) is 31.5. The third-order valence-corrected chi connectivity index (χ3v) is 1.93. The third-order valence-electron chi connectivity index (χ3n) is 1.93. The summed E-state index contributed by atoms with van der Waals surface area (Å²) in [6.07, 6.45) is 3.00. The molecule has 11 heavy (non-hydrogen) atoms. The molecule has 0 heterocycles. The summed E-state index contributed by atoms with van der Waals surface area (Å²) in [6.45, 7) is 1.40. The number of esters is 1. The molecule has 3 nitrogen and oxygen atoms in total. The summed E-state index contributed by atoms with van der Waals surface area (Å²) in [5, 5.41) is 9.20. The standard InChI is InChI=1S/C8H14O3/c1-6(9)11-8-4-2-3-7(10)5-8/h7-8,10H,2-5H2,1H3/t7-,8+/m0/s1. The summed E-state index contributed by atoms with van der Waals surface area (Å²) >= 11 is 0. The van der Waals surface area contributed by atoms with Gasteiger partial charge in [0.2, 0.25) is 0 Å². The lowest BCUT2D eigenvalue weighted by Crippen LogP contribution is -2.27. The van der Waals surface area contributed by atoms with E-state index in [0.29, 0.717) is 6.42 Å². The van der Waals surface area contributed by atoms with Crippen molar-refractivity contribution in [1.82, 2.24) is 0 Å². The Bertz CT molecular complexity index is 144. The van der Waals surface area contributed by atoms with Gasteiger partial charge < -0.3 is 9.84 Å². The van der Waals surface area contributed by atoms with Crippen LogP contribution in [0, 0.1) is 0 Å². The van der Waals surface area contributed by atoms with Gasteiger partial charge in [-0.3, -0.25) is 4.79 Å². The lowest BCUT2D eigenvalue weighted by Gasteiger charge is -2.24. The van der Waals surface area contributed by atoms with Crippen molar-refractivity contribution in [2.24, 2.45) is 0 Å². The molecule has 3 heteroatoms. The van der Waals surface area contributed by atoms with Crippen LogP contribution in [-0.4, -0.2) is 23.3 Å². The van der Waals surface area contributed by atoms with Crippen molar-refractivity contribution in [3.05, 3.63) is 0 Å². The first-order chi connectivity index (χ1) is 5.18. The van der Waals surface area contributed by atoms with Gasteiger partial charge in [0.05, 0.1) is 6.10 Å². The Labute approximate surface area is 66.4 Å². The number of ether oxygens (including phenoxy) is 1. The molecule has 0 aromatic carbocycles. The topological polar surface area (TPSA) is 46.5 Å². The van der Waals surface area contributed by atoms with Gasteiger partial charge in [0.1, 0.15) is 6.10 Å². The quantitative estimate of drug-likeness (QED) is 0.575. The van der Waals surface area contributed by atoms with Crippen molar-refractivity contribution in [2.45, 2.75) is 44.8 Å². The van der Waals surface area contributed by atoms with Gasteiger partial charge in [-0.25, -0.2) is 0 Å². The predicted octanol–water partition coefficient (Wildman–Crippen LogP) is 0.853. The fraction of sp³-hybridized carbons (Fsp3) is 0.875. The molecule has 1 saturated carbocycles. The molecule has 0 spiro atoms. The van der Waals surface area contributed by atoms with Crippen LogP contribution in [0.15, 0.2) is 0 Å². The molecule has 1 rings (SSSR count). The van der Waals surface area contributed by atoms with Gasteiger partial charge in [0.15, 0.2) is 0 Å². The number of aliphatic hydroxyl groups is 1. The van der Waals surface area contributed by atoms with Gasteiger partial charge >= 0.3 is 5.97 Å². The molecule has 0 unspecified atom stereocenters. The van der Waals surface area contributed by atoms with E-state index < -0.39 is 0 Å².